The molecular formula is C29H34O4. The van der Waals surface area contributed by atoms with E-state index in [4.69, 9.17) is 14.2 Å². The quantitative estimate of drug-likeness (QED) is 0.531. The van der Waals surface area contributed by atoms with E-state index in [1.807, 2.05) is 12.1 Å². The van der Waals surface area contributed by atoms with Gasteiger partial charge in [0.25, 0.3) is 0 Å². The summed E-state index contributed by atoms with van der Waals surface area (Å²) in [4.78, 5) is 12.3. The van der Waals surface area contributed by atoms with E-state index in [-0.39, 0.29) is 17.1 Å². The van der Waals surface area contributed by atoms with Gasteiger partial charge in [0.05, 0.1) is 25.9 Å². The smallest absolute Gasteiger partial charge is 0.137 e. The van der Waals surface area contributed by atoms with Crippen LogP contribution in [0.3, 0.4) is 0 Å². The molecule has 0 bridgehead atoms. The van der Waals surface area contributed by atoms with Gasteiger partial charge in [-0.25, -0.2) is 0 Å². The Balaban J connectivity index is 1.49. The van der Waals surface area contributed by atoms with Crippen LogP contribution >= 0.6 is 0 Å². The number of allylic oxidation sites excluding steroid dienone is 3. The summed E-state index contributed by atoms with van der Waals surface area (Å²) in [6, 6.07) is 8.34. The number of ketones is 1. The third-order valence-electron chi connectivity index (χ3n) is 9.40. The average molecular weight is 447 g/mol. The zero-order valence-corrected chi connectivity index (χ0v) is 19.8. The second-order valence-corrected chi connectivity index (χ2v) is 10.8. The van der Waals surface area contributed by atoms with Crippen LogP contribution in [0.2, 0.25) is 0 Å². The van der Waals surface area contributed by atoms with E-state index in [0.717, 1.165) is 44.5 Å². The van der Waals surface area contributed by atoms with Crippen LogP contribution in [0.15, 0.2) is 59.2 Å². The van der Waals surface area contributed by atoms with Crippen LogP contribution in [-0.2, 0) is 14.3 Å². The lowest BCUT2D eigenvalue weighted by Gasteiger charge is -2.45. The second kappa shape index (κ2) is 7.68. The van der Waals surface area contributed by atoms with Crippen LogP contribution < -0.4 is 4.74 Å². The van der Waals surface area contributed by atoms with Crippen molar-refractivity contribution in [2.24, 2.45) is 17.3 Å². The fraction of sp³-hybridized carbons (Fsp3) is 0.552. The topological polar surface area (TPSA) is 44.8 Å². The summed E-state index contributed by atoms with van der Waals surface area (Å²) in [6.45, 7) is 8.30. The second-order valence-electron chi connectivity index (χ2n) is 10.8. The van der Waals surface area contributed by atoms with Gasteiger partial charge in [0.2, 0.25) is 0 Å². The Hall–Kier alpha value is -2.17. The molecule has 3 aliphatic carbocycles. The maximum atomic E-state index is 12.3. The van der Waals surface area contributed by atoms with Gasteiger partial charge in [-0.2, -0.15) is 0 Å². The molecule has 5 atom stereocenters. The summed E-state index contributed by atoms with van der Waals surface area (Å²) in [6.07, 6.45) is 8.44. The minimum Gasteiger partial charge on any atom is -0.497 e. The normalized spacial score (nSPS) is 38.0. The highest BCUT2D eigenvalue weighted by Crippen LogP contribution is 2.65. The predicted molar refractivity (Wildman–Crippen MR) is 127 cm³/mol. The molecule has 33 heavy (non-hydrogen) atoms. The monoisotopic (exact) mass is 446 g/mol. The van der Waals surface area contributed by atoms with Gasteiger partial charge in [-0.15, -0.1) is 0 Å². The van der Waals surface area contributed by atoms with E-state index in [1.54, 1.807) is 7.11 Å². The highest BCUT2D eigenvalue weighted by Gasteiger charge is 2.64. The highest BCUT2D eigenvalue weighted by molar-refractivity contribution is 5.84. The van der Waals surface area contributed by atoms with Crippen molar-refractivity contribution in [1.29, 1.82) is 0 Å². The number of Topliss-reactive ketones (excluding diaryl/α,β-unsaturated/α-hetero) is 1. The van der Waals surface area contributed by atoms with E-state index >= 15 is 0 Å². The Labute approximate surface area is 196 Å². The van der Waals surface area contributed by atoms with Gasteiger partial charge in [0.1, 0.15) is 17.6 Å². The van der Waals surface area contributed by atoms with Crippen LogP contribution in [0.4, 0.5) is 0 Å². The standard InChI is InChI=1S/C29H34O4/c1-18-13-15-33-29(18)14-12-25-24-10-6-20-16-21(30)7-11-23(20)26(24)27(32-17-28(25,29)2)19-4-8-22(31-3)9-5-19/h4-6,8-9,24-25,27H,1,7,10-17H2,2-3H3/t24?,25?,27-,28+,29-/m1/s1. The van der Waals surface area contributed by atoms with Crippen LogP contribution in [0, 0.1) is 17.3 Å². The van der Waals surface area contributed by atoms with Gasteiger partial charge in [-0.3, -0.25) is 4.79 Å². The molecule has 2 unspecified atom stereocenters. The van der Waals surface area contributed by atoms with E-state index in [1.165, 1.54) is 27.9 Å². The van der Waals surface area contributed by atoms with Crippen LogP contribution in [0.5, 0.6) is 5.75 Å². The first kappa shape index (κ1) is 21.4. The number of hydrogen-bond acceptors (Lipinski definition) is 4. The van der Waals surface area contributed by atoms with E-state index in [9.17, 15) is 4.79 Å². The molecule has 0 radical (unpaired) electrons. The molecule has 0 aromatic heterocycles. The molecule has 174 valence electrons. The van der Waals surface area contributed by atoms with E-state index in [0.29, 0.717) is 37.1 Å². The summed E-state index contributed by atoms with van der Waals surface area (Å²) >= 11 is 0. The Bertz CT molecular complexity index is 1060. The zero-order chi connectivity index (χ0) is 22.8. The molecule has 5 aliphatic rings. The lowest BCUT2D eigenvalue weighted by Crippen LogP contribution is -2.49. The van der Waals surface area contributed by atoms with Gasteiger partial charge >= 0.3 is 0 Å². The lowest BCUT2D eigenvalue weighted by molar-refractivity contribution is -0.118. The molecular weight excluding hydrogens is 412 g/mol. The van der Waals surface area contributed by atoms with Crippen molar-refractivity contribution in [2.75, 3.05) is 20.3 Å². The molecule has 0 amide bonds. The predicted octanol–water partition coefficient (Wildman–Crippen LogP) is 5.89. The molecule has 1 aromatic carbocycles. The van der Waals surface area contributed by atoms with Crippen LogP contribution in [0.1, 0.15) is 63.5 Å². The van der Waals surface area contributed by atoms with Gasteiger partial charge in [-0.05, 0) is 83.9 Å². The number of carbonyl (C=O) groups excluding carboxylic acids is 1. The maximum Gasteiger partial charge on any atom is 0.137 e. The maximum absolute atomic E-state index is 12.3. The van der Waals surface area contributed by atoms with Gasteiger partial charge in [-0.1, -0.05) is 31.7 Å². The number of ether oxygens (including phenoxy) is 3. The van der Waals surface area contributed by atoms with Gasteiger partial charge in [0, 0.05) is 18.3 Å². The Morgan fingerprint density at radius 3 is 2.70 bits per heavy atom. The first-order chi connectivity index (χ1) is 16.0. The summed E-state index contributed by atoms with van der Waals surface area (Å²) in [7, 11) is 1.70. The fourth-order valence-electron chi connectivity index (χ4n) is 7.71. The molecule has 4 nitrogen and oxygen atoms in total. The van der Waals surface area contributed by atoms with Crippen molar-refractivity contribution in [3.05, 3.63) is 64.8 Å². The number of benzene rings is 1. The summed E-state index contributed by atoms with van der Waals surface area (Å²) < 4.78 is 18.9. The number of hydrogen-bond donors (Lipinski definition) is 0. The molecule has 4 heteroatoms. The van der Waals surface area contributed by atoms with Crippen molar-refractivity contribution < 1.29 is 19.0 Å². The summed E-state index contributed by atoms with van der Waals surface area (Å²) in [5.41, 5.74) is 6.12. The fourth-order valence-corrected chi connectivity index (χ4v) is 7.71. The molecule has 4 fully saturated rings. The largest absolute Gasteiger partial charge is 0.497 e. The van der Waals surface area contributed by atoms with Crippen molar-refractivity contribution in [1.82, 2.24) is 0 Å². The Kier molecular flexibility index (Phi) is 4.97. The average Bonchev–Trinajstić information content (AvgIpc) is 3.30. The van der Waals surface area contributed by atoms with E-state index in [2.05, 4.69) is 31.7 Å². The number of carbonyl (C=O) groups is 1. The molecule has 0 N–H and O–H groups in total. The molecule has 1 spiro atoms. The highest BCUT2D eigenvalue weighted by atomic mass is 16.5. The molecule has 2 saturated heterocycles. The van der Waals surface area contributed by atoms with E-state index < -0.39 is 0 Å². The van der Waals surface area contributed by atoms with Gasteiger partial charge in [0.15, 0.2) is 0 Å². The third-order valence-corrected chi connectivity index (χ3v) is 9.40. The van der Waals surface area contributed by atoms with Crippen molar-refractivity contribution >= 4 is 5.78 Å². The Morgan fingerprint density at radius 2 is 1.97 bits per heavy atom. The molecule has 2 heterocycles. The minimum atomic E-state index is -0.269. The summed E-state index contributed by atoms with van der Waals surface area (Å²) in [5, 5.41) is 0. The minimum absolute atomic E-state index is 0.0954. The van der Waals surface area contributed by atoms with Crippen LogP contribution in [0.25, 0.3) is 0 Å². The lowest BCUT2D eigenvalue weighted by atomic mass is 9.61. The third kappa shape index (κ3) is 2.99. The number of methoxy groups -OCH3 is 1. The zero-order valence-electron chi connectivity index (χ0n) is 19.8. The summed E-state index contributed by atoms with van der Waals surface area (Å²) in [5.74, 6) is 2.11. The number of rotatable bonds is 2. The SMILES string of the molecule is C=C1CCO[C@]12CCC1C3CC=C4CC(=O)CCC4=C3[C@@H](c3ccc(OC)cc3)OC[C@@]12C. The van der Waals surface area contributed by atoms with Crippen molar-refractivity contribution in [3.8, 4) is 5.75 Å². The molecule has 2 aliphatic heterocycles. The van der Waals surface area contributed by atoms with Crippen LogP contribution in [-0.4, -0.2) is 31.7 Å². The number of fused-ring (bicyclic) bond motifs is 5. The van der Waals surface area contributed by atoms with Crippen molar-refractivity contribution in [2.45, 2.75) is 63.6 Å². The molecule has 1 aromatic rings. The molecule has 6 rings (SSSR count). The molecule has 2 saturated carbocycles. The van der Waals surface area contributed by atoms with Crippen molar-refractivity contribution in [3.63, 3.8) is 0 Å². The Morgan fingerprint density at radius 1 is 1.15 bits per heavy atom. The first-order valence-corrected chi connectivity index (χ1v) is 12.5. The van der Waals surface area contributed by atoms with Gasteiger partial charge < -0.3 is 14.2 Å². The first-order valence-electron chi connectivity index (χ1n) is 12.5.